The molecule has 2 saturated heterocycles. The SMILES string of the molecule is CC(C)(C)OC(=O)N1CC(Cn2cc(Nc3ncc(C#Cc4cccc(NC(=O)N5OCC[C@H]5c5ccccc5)c4)cn3)cn2)C1. The second-order valence-corrected chi connectivity index (χ2v) is 12.3. The minimum Gasteiger partial charge on any atom is -0.444 e. The molecule has 2 N–H and O–H groups in total. The average Bonchev–Trinajstić information content (AvgIpc) is 3.68. The third-order valence-corrected chi connectivity index (χ3v) is 7.35. The van der Waals surface area contributed by atoms with Gasteiger partial charge in [0.25, 0.3) is 0 Å². The fourth-order valence-corrected chi connectivity index (χ4v) is 5.18. The highest BCUT2D eigenvalue weighted by Gasteiger charge is 2.34. The van der Waals surface area contributed by atoms with E-state index < -0.39 is 5.60 Å². The Morgan fingerprint density at radius 3 is 2.50 bits per heavy atom. The molecular weight excluding hydrogens is 584 g/mol. The van der Waals surface area contributed by atoms with Crippen LogP contribution in [0, 0.1) is 17.8 Å². The van der Waals surface area contributed by atoms with Gasteiger partial charge < -0.3 is 20.3 Å². The van der Waals surface area contributed by atoms with Crippen molar-refractivity contribution in [1.29, 1.82) is 0 Å². The van der Waals surface area contributed by atoms with Crippen LogP contribution in [0.5, 0.6) is 0 Å². The van der Waals surface area contributed by atoms with Crippen LogP contribution in [-0.4, -0.2) is 67.1 Å². The molecule has 0 bridgehead atoms. The lowest BCUT2D eigenvalue weighted by Crippen LogP contribution is -2.52. The zero-order chi connectivity index (χ0) is 32.1. The second kappa shape index (κ2) is 13.3. The van der Waals surface area contributed by atoms with Gasteiger partial charge in [0.1, 0.15) is 5.60 Å². The molecule has 0 spiro atoms. The summed E-state index contributed by atoms with van der Waals surface area (Å²) in [6, 6.07) is 16.7. The van der Waals surface area contributed by atoms with Crippen LogP contribution in [0.2, 0.25) is 0 Å². The Kier molecular flexibility index (Phi) is 8.85. The number of hydroxylamine groups is 2. The quantitative estimate of drug-likeness (QED) is 0.267. The number of ether oxygens (including phenoxy) is 1. The van der Waals surface area contributed by atoms with Gasteiger partial charge in [-0.3, -0.25) is 9.52 Å². The number of hydrogen-bond donors (Lipinski definition) is 2. The van der Waals surface area contributed by atoms with E-state index in [9.17, 15) is 9.59 Å². The normalized spacial score (nSPS) is 16.3. The van der Waals surface area contributed by atoms with Crippen LogP contribution >= 0.6 is 0 Å². The number of benzene rings is 2. The first-order valence-electron chi connectivity index (χ1n) is 15.2. The van der Waals surface area contributed by atoms with Crippen LogP contribution in [0.3, 0.4) is 0 Å². The van der Waals surface area contributed by atoms with E-state index in [1.54, 1.807) is 23.5 Å². The average molecular weight is 621 g/mol. The molecule has 0 aliphatic carbocycles. The van der Waals surface area contributed by atoms with Crippen LogP contribution in [0.15, 0.2) is 79.4 Å². The molecule has 1 atom stereocenters. The highest BCUT2D eigenvalue weighted by molar-refractivity contribution is 5.89. The molecule has 0 saturated carbocycles. The predicted octanol–water partition coefficient (Wildman–Crippen LogP) is 5.59. The lowest BCUT2D eigenvalue weighted by molar-refractivity contribution is -0.0829. The first kappa shape index (κ1) is 30.6. The fraction of sp³-hybridized carbons (Fsp3) is 0.324. The van der Waals surface area contributed by atoms with E-state index in [-0.39, 0.29) is 18.2 Å². The summed E-state index contributed by atoms with van der Waals surface area (Å²) in [5.74, 6) is 6.92. The Hall–Kier alpha value is -5.41. The molecular formula is C34H36N8O4. The minimum absolute atomic E-state index is 0.135. The number of hydrogen-bond acceptors (Lipinski definition) is 8. The summed E-state index contributed by atoms with van der Waals surface area (Å²) in [6.45, 7) is 8.06. The summed E-state index contributed by atoms with van der Waals surface area (Å²) >= 11 is 0. The molecule has 2 aliphatic heterocycles. The Morgan fingerprint density at radius 2 is 1.74 bits per heavy atom. The molecule has 12 nitrogen and oxygen atoms in total. The number of aromatic nitrogens is 4. The smallest absolute Gasteiger partial charge is 0.410 e. The number of carbonyl (C=O) groups excluding carboxylic acids is 2. The zero-order valence-corrected chi connectivity index (χ0v) is 26.0. The lowest BCUT2D eigenvalue weighted by atomic mass is 10.0. The summed E-state index contributed by atoms with van der Waals surface area (Å²) in [5.41, 5.74) is 3.29. The first-order chi connectivity index (χ1) is 22.2. The van der Waals surface area contributed by atoms with E-state index in [0.717, 1.165) is 23.2 Å². The van der Waals surface area contributed by atoms with Gasteiger partial charge in [-0.05, 0) is 44.5 Å². The largest absolute Gasteiger partial charge is 0.444 e. The fourth-order valence-electron chi connectivity index (χ4n) is 5.18. The van der Waals surface area contributed by atoms with Crippen LogP contribution in [-0.2, 0) is 16.1 Å². The Labute approximate surface area is 267 Å². The van der Waals surface area contributed by atoms with Crippen molar-refractivity contribution < 1.29 is 19.2 Å². The molecule has 6 rings (SSSR count). The molecule has 0 radical (unpaired) electrons. The van der Waals surface area contributed by atoms with Gasteiger partial charge in [0.15, 0.2) is 0 Å². The number of rotatable bonds is 6. The summed E-state index contributed by atoms with van der Waals surface area (Å²) in [7, 11) is 0. The van der Waals surface area contributed by atoms with Crippen molar-refractivity contribution in [3.63, 3.8) is 0 Å². The van der Waals surface area contributed by atoms with Crippen LogP contribution in [0.4, 0.5) is 26.9 Å². The highest BCUT2D eigenvalue weighted by atomic mass is 16.7. The number of nitrogens with zero attached hydrogens (tertiary/aromatic N) is 6. The van der Waals surface area contributed by atoms with Crippen molar-refractivity contribution in [2.45, 2.75) is 45.4 Å². The molecule has 12 heteroatoms. The molecule has 2 aromatic carbocycles. The van der Waals surface area contributed by atoms with Crippen molar-refractivity contribution in [1.82, 2.24) is 29.7 Å². The van der Waals surface area contributed by atoms with E-state index in [2.05, 4.69) is 37.5 Å². The molecule has 2 aromatic heterocycles. The Balaban J connectivity index is 0.992. The topological polar surface area (TPSA) is 127 Å². The number of carbonyl (C=O) groups is 2. The molecule has 4 heterocycles. The summed E-state index contributed by atoms with van der Waals surface area (Å²) in [6.07, 6.45) is 7.35. The maximum Gasteiger partial charge on any atom is 0.410 e. The van der Waals surface area contributed by atoms with Crippen LogP contribution in [0.25, 0.3) is 0 Å². The van der Waals surface area contributed by atoms with Crippen molar-refractivity contribution >= 4 is 29.4 Å². The number of nitrogens with one attached hydrogen (secondary N) is 2. The lowest BCUT2D eigenvalue weighted by Gasteiger charge is -2.39. The highest BCUT2D eigenvalue weighted by Crippen LogP contribution is 2.30. The summed E-state index contributed by atoms with van der Waals surface area (Å²) in [5, 5.41) is 11.9. The van der Waals surface area contributed by atoms with E-state index in [1.807, 2.05) is 86.2 Å². The van der Waals surface area contributed by atoms with Gasteiger partial charge in [0, 0.05) is 61.8 Å². The molecule has 4 aromatic rings. The number of likely N-dealkylation sites (tertiary alicyclic amines) is 1. The number of urea groups is 1. The van der Waals surface area contributed by atoms with Gasteiger partial charge in [-0.2, -0.15) is 10.2 Å². The van der Waals surface area contributed by atoms with Crippen LogP contribution in [0.1, 0.15) is 49.9 Å². The van der Waals surface area contributed by atoms with Crippen molar-refractivity contribution in [2.75, 3.05) is 30.3 Å². The maximum atomic E-state index is 13.0. The second-order valence-electron chi connectivity index (χ2n) is 12.3. The van der Waals surface area contributed by atoms with Crippen molar-refractivity contribution in [2.24, 2.45) is 5.92 Å². The number of anilines is 3. The zero-order valence-electron chi connectivity index (χ0n) is 26.0. The van der Waals surface area contributed by atoms with Crippen LogP contribution < -0.4 is 10.6 Å². The molecule has 2 aliphatic rings. The molecule has 46 heavy (non-hydrogen) atoms. The Morgan fingerprint density at radius 1 is 0.978 bits per heavy atom. The van der Waals surface area contributed by atoms with E-state index in [1.165, 1.54) is 5.06 Å². The third-order valence-electron chi connectivity index (χ3n) is 7.35. The van der Waals surface area contributed by atoms with E-state index >= 15 is 0 Å². The monoisotopic (exact) mass is 620 g/mol. The van der Waals surface area contributed by atoms with E-state index in [4.69, 9.17) is 9.57 Å². The molecule has 3 amide bonds. The Bertz CT molecular complexity index is 1730. The van der Waals surface area contributed by atoms with Crippen molar-refractivity contribution in [3.8, 4) is 11.8 Å². The van der Waals surface area contributed by atoms with Gasteiger partial charge >= 0.3 is 12.1 Å². The maximum absolute atomic E-state index is 13.0. The van der Waals surface area contributed by atoms with Gasteiger partial charge in [-0.15, -0.1) is 0 Å². The number of amides is 3. The minimum atomic E-state index is -0.499. The first-order valence-corrected chi connectivity index (χ1v) is 15.2. The summed E-state index contributed by atoms with van der Waals surface area (Å²) < 4.78 is 7.26. The van der Waals surface area contributed by atoms with Gasteiger partial charge in [-0.25, -0.2) is 19.6 Å². The third kappa shape index (κ3) is 7.80. The standard InChI is InChI=1S/C34H36N8O4/c1-34(2,3)46-33(44)40-20-26(21-40)22-41-23-29(19-37-41)38-31-35-17-25(18-36-31)13-12-24-8-7-11-28(16-24)39-32(43)42-30(14-15-45-42)27-9-5-4-6-10-27/h4-11,16-19,23,26,30H,14-15,20-22H2,1-3H3,(H,39,43)(H,35,36,38)/t30-/m0/s1. The van der Waals surface area contributed by atoms with Crippen molar-refractivity contribution in [3.05, 3.63) is 96.1 Å². The predicted molar refractivity (Wildman–Crippen MR) is 172 cm³/mol. The molecule has 2 fully saturated rings. The van der Waals surface area contributed by atoms with Gasteiger partial charge in [-0.1, -0.05) is 48.2 Å². The van der Waals surface area contributed by atoms with Gasteiger partial charge in [0.2, 0.25) is 5.95 Å². The molecule has 236 valence electrons. The molecule has 0 unspecified atom stereocenters. The summed E-state index contributed by atoms with van der Waals surface area (Å²) in [4.78, 5) is 41.2. The van der Waals surface area contributed by atoms with E-state index in [0.29, 0.717) is 49.4 Å². The van der Waals surface area contributed by atoms with Gasteiger partial charge in [0.05, 0.1) is 30.1 Å².